The van der Waals surface area contributed by atoms with E-state index in [0.717, 1.165) is 39.7 Å². The van der Waals surface area contributed by atoms with E-state index in [9.17, 15) is 9.59 Å². The Bertz CT molecular complexity index is 1370. The molecule has 2 aromatic carbocycles. The van der Waals surface area contributed by atoms with Crippen molar-refractivity contribution in [3.8, 4) is 11.1 Å². The number of nitrogen functional groups attached to an aromatic ring is 1. The van der Waals surface area contributed by atoms with E-state index in [4.69, 9.17) is 15.2 Å². The number of ether oxygens (including phenoxy) is 2. The molecule has 0 bridgehead atoms. The first kappa shape index (κ1) is 20.9. The van der Waals surface area contributed by atoms with Crippen molar-refractivity contribution < 1.29 is 19.1 Å². The van der Waals surface area contributed by atoms with E-state index in [0.29, 0.717) is 37.6 Å². The summed E-state index contributed by atoms with van der Waals surface area (Å²) in [7, 11) is 1.57. The third-order valence-corrected chi connectivity index (χ3v) is 6.92. The van der Waals surface area contributed by atoms with Gasteiger partial charge in [-0.15, -0.1) is 0 Å². The van der Waals surface area contributed by atoms with E-state index in [1.165, 1.54) is 5.57 Å². The fraction of sp³-hybridized carbons (Fsp3) is 0.320. The Morgan fingerprint density at radius 1 is 1.32 bits per heavy atom. The molecule has 3 aliphatic rings. The van der Waals surface area contributed by atoms with Gasteiger partial charge >= 0.3 is 0 Å². The molecule has 1 aromatic heterocycles. The maximum atomic E-state index is 13.3. The second kappa shape index (κ2) is 7.68. The SMILES string of the molecule is CNC(=O)C1(CN2Cc3c(-c4ccc5[nH]nc(C6=CCOCC6)c5c4)ccc(N)c3C2=O)CO1. The standard InChI is InChI=1S/C25H25N5O4/c1-27-24(32)25(13-34-25)12-30-11-18-16(3-4-19(26)21(18)23(30)31)15-2-5-20-17(10-15)22(29-28-20)14-6-8-33-9-7-14/h2-6,10H,7-9,11-13,26H2,1H3,(H,27,32)(H,28,29). The second-order valence-corrected chi connectivity index (χ2v) is 8.97. The van der Waals surface area contributed by atoms with Crippen LogP contribution in [0.3, 0.4) is 0 Å². The van der Waals surface area contributed by atoms with Gasteiger partial charge in [0.25, 0.3) is 11.8 Å². The van der Waals surface area contributed by atoms with E-state index in [2.05, 4.69) is 27.7 Å². The minimum Gasteiger partial charge on any atom is -0.398 e. The highest BCUT2D eigenvalue weighted by molar-refractivity contribution is 6.06. The molecule has 9 nitrogen and oxygen atoms in total. The van der Waals surface area contributed by atoms with E-state index in [1.807, 2.05) is 18.2 Å². The van der Waals surface area contributed by atoms with Crippen LogP contribution in [0.4, 0.5) is 5.69 Å². The van der Waals surface area contributed by atoms with Crippen LogP contribution in [-0.2, 0) is 20.8 Å². The maximum Gasteiger partial charge on any atom is 0.256 e. The van der Waals surface area contributed by atoms with Gasteiger partial charge < -0.3 is 25.4 Å². The molecule has 6 rings (SSSR count). The van der Waals surface area contributed by atoms with Crippen LogP contribution in [-0.4, -0.2) is 65.9 Å². The number of epoxide rings is 1. The lowest BCUT2D eigenvalue weighted by Gasteiger charge is -2.20. The molecule has 0 radical (unpaired) electrons. The average Bonchev–Trinajstić information content (AvgIpc) is 3.41. The third-order valence-electron chi connectivity index (χ3n) is 6.92. The highest BCUT2D eigenvalue weighted by Crippen LogP contribution is 2.40. The minimum atomic E-state index is -0.969. The summed E-state index contributed by atoms with van der Waals surface area (Å²) in [6, 6.07) is 9.88. The number of carbonyl (C=O) groups is 2. The number of aromatic amines is 1. The first-order chi connectivity index (χ1) is 16.5. The van der Waals surface area contributed by atoms with Gasteiger partial charge in [0.15, 0.2) is 5.60 Å². The van der Waals surface area contributed by atoms with Crippen molar-refractivity contribution in [3.63, 3.8) is 0 Å². The molecular weight excluding hydrogens is 434 g/mol. The van der Waals surface area contributed by atoms with Gasteiger partial charge in [-0.1, -0.05) is 18.2 Å². The molecule has 1 saturated heterocycles. The molecule has 34 heavy (non-hydrogen) atoms. The Balaban J connectivity index is 1.39. The van der Waals surface area contributed by atoms with Crippen LogP contribution in [0.2, 0.25) is 0 Å². The summed E-state index contributed by atoms with van der Waals surface area (Å²) in [5.41, 5.74) is 12.1. The van der Waals surface area contributed by atoms with Gasteiger partial charge in [-0.3, -0.25) is 14.7 Å². The number of hydrogen-bond donors (Lipinski definition) is 3. The number of aromatic nitrogens is 2. The van der Waals surface area contributed by atoms with Crippen LogP contribution in [0.15, 0.2) is 36.4 Å². The molecule has 1 atom stereocenters. The summed E-state index contributed by atoms with van der Waals surface area (Å²) in [6.45, 7) is 2.14. The number of hydrogen-bond acceptors (Lipinski definition) is 6. The van der Waals surface area contributed by atoms with Crippen molar-refractivity contribution in [2.24, 2.45) is 0 Å². The number of nitrogens with one attached hydrogen (secondary N) is 2. The topological polar surface area (TPSA) is 126 Å². The average molecular weight is 460 g/mol. The molecule has 3 aromatic rings. The number of H-pyrrole nitrogens is 1. The van der Waals surface area contributed by atoms with Gasteiger partial charge in [0, 0.05) is 24.7 Å². The first-order valence-corrected chi connectivity index (χ1v) is 11.3. The van der Waals surface area contributed by atoms with Crippen molar-refractivity contribution in [3.05, 3.63) is 53.2 Å². The van der Waals surface area contributed by atoms with Crippen molar-refractivity contribution in [2.75, 3.05) is 39.1 Å². The Morgan fingerprint density at radius 2 is 2.18 bits per heavy atom. The highest BCUT2D eigenvalue weighted by atomic mass is 16.6. The predicted molar refractivity (Wildman–Crippen MR) is 127 cm³/mol. The van der Waals surface area contributed by atoms with E-state index in [-0.39, 0.29) is 18.4 Å². The lowest BCUT2D eigenvalue weighted by Crippen LogP contribution is -2.44. The van der Waals surface area contributed by atoms with E-state index >= 15 is 0 Å². The van der Waals surface area contributed by atoms with Gasteiger partial charge in [-0.2, -0.15) is 5.10 Å². The number of carbonyl (C=O) groups excluding carboxylic acids is 2. The van der Waals surface area contributed by atoms with Crippen LogP contribution in [0.1, 0.15) is 28.0 Å². The molecule has 0 spiro atoms. The van der Waals surface area contributed by atoms with Crippen molar-refractivity contribution in [1.29, 1.82) is 0 Å². The minimum absolute atomic E-state index is 0.175. The Kier molecular flexibility index (Phi) is 4.72. The highest BCUT2D eigenvalue weighted by Gasteiger charge is 2.54. The van der Waals surface area contributed by atoms with Crippen LogP contribution >= 0.6 is 0 Å². The van der Waals surface area contributed by atoms with Crippen molar-refractivity contribution in [2.45, 2.75) is 18.6 Å². The molecule has 3 aliphatic heterocycles. The summed E-state index contributed by atoms with van der Waals surface area (Å²) in [4.78, 5) is 27.2. The zero-order valence-electron chi connectivity index (χ0n) is 18.8. The summed E-state index contributed by atoms with van der Waals surface area (Å²) >= 11 is 0. The predicted octanol–water partition coefficient (Wildman–Crippen LogP) is 2.09. The number of nitrogens with two attached hydrogens (primary N) is 1. The number of nitrogens with zero attached hydrogens (tertiary/aromatic N) is 2. The smallest absolute Gasteiger partial charge is 0.256 e. The number of anilines is 1. The van der Waals surface area contributed by atoms with Gasteiger partial charge in [0.05, 0.1) is 43.1 Å². The van der Waals surface area contributed by atoms with Crippen molar-refractivity contribution >= 4 is 34.0 Å². The Labute approximate surface area is 195 Å². The Hall–Kier alpha value is -3.69. The number of rotatable bonds is 5. The van der Waals surface area contributed by atoms with E-state index in [1.54, 1.807) is 18.0 Å². The summed E-state index contributed by atoms with van der Waals surface area (Å²) in [6.07, 6.45) is 2.89. The van der Waals surface area contributed by atoms with Crippen LogP contribution in [0.5, 0.6) is 0 Å². The largest absolute Gasteiger partial charge is 0.398 e. The van der Waals surface area contributed by atoms with Crippen LogP contribution in [0, 0.1) is 0 Å². The molecule has 174 valence electrons. The number of benzene rings is 2. The molecule has 4 N–H and O–H groups in total. The zero-order chi connectivity index (χ0) is 23.4. The molecule has 1 fully saturated rings. The number of fused-ring (bicyclic) bond motifs is 2. The lowest BCUT2D eigenvalue weighted by atomic mass is 9.94. The first-order valence-electron chi connectivity index (χ1n) is 11.3. The van der Waals surface area contributed by atoms with Crippen LogP contribution in [0.25, 0.3) is 27.6 Å². The van der Waals surface area contributed by atoms with Gasteiger partial charge in [-0.25, -0.2) is 0 Å². The fourth-order valence-corrected chi connectivity index (χ4v) is 4.99. The molecular formula is C25H25N5O4. The zero-order valence-corrected chi connectivity index (χ0v) is 18.8. The van der Waals surface area contributed by atoms with Gasteiger partial charge in [0.1, 0.15) is 0 Å². The maximum absolute atomic E-state index is 13.3. The second-order valence-electron chi connectivity index (χ2n) is 8.97. The number of likely N-dealkylation sites (N-methyl/N-ethyl adjacent to an activating group) is 1. The Morgan fingerprint density at radius 3 is 2.91 bits per heavy atom. The van der Waals surface area contributed by atoms with Gasteiger partial charge in [-0.05, 0) is 46.9 Å². The van der Waals surface area contributed by atoms with Gasteiger partial charge in [0.2, 0.25) is 0 Å². The summed E-state index contributed by atoms with van der Waals surface area (Å²) in [5, 5.41) is 11.3. The van der Waals surface area contributed by atoms with E-state index < -0.39 is 5.60 Å². The molecule has 4 heterocycles. The molecule has 0 aliphatic carbocycles. The number of amides is 2. The third kappa shape index (κ3) is 3.19. The lowest BCUT2D eigenvalue weighted by molar-refractivity contribution is -0.126. The molecule has 2 amide bonds. The molecule has 9 heteroatoms. The van der Waals surface area contributed by atoms with Crippen LogP contribution < -0.4 is 11.1 Å². The monoisotopic (exact) mass is 459 g/mol. The fourth-order valence-electron chi connectivity index (χ4n) is 4.99. The molecule has 1 unspecified atom stereocenters. The normalized spacial score (nSPS) is 21.5. The molecule has 0 saturated carbocycles. The quantitative estimate of drug-likeness (QED) is 0.396. The van der Waals surface area contributed by atoms with Crippen molar-refractivity contribution in [1.82, 2.24) is 20.4 Å². The summed E-state index contributed by atoms with van der Waals surface area (Å²) < 4.78 is 10.9. The summed E-state index contributed by atoms with van der Waals surface area (Å²) in [5.74, 6) is -0.393.